The second-order valence-corrected chi connectivity index (χ2v) is 3.20. The van der Waals surface area contributed by atoms with Gasteiger partial charge in [-0.05, 0) is 24.1 Å². The topological polar surface area (TPSA) is 52.3 Å². The lowest BCUT2D eigenvalue weighted by Crippen LogP contribution is -2.03. The molecule has 0 saturated carbocycles. The number of aryl methyl sites for hydroxylation is 1. The normalized spacial score (nSPS) is 10.6. The minimum atomic E-state index is -0.310. The molecule has 0 radical (unpaired) electrons. The van der Waals surface area contributed by atoms with Crippen LogP contribution in [-0.4, -0.2) is 19.6 Å². The summed E-state index contributed by atoms with van der Waals surface area (Å²) in [7, 11) is 1.38. The van der Waals surface area contributed by atoms with E-state index in [9.17, 15) is 4.79 Å². The van der Waals surface area contributed by atoms with E-state index in [4.69, 9.17) is 5.73 Å². The van der Waals surface area contributed by atoms with E-state index in [1.807, 2.05) is 31.2 Å². The number of ether oxygens (including phenoxy) is 1. The molecule has 0 spiro atoms. The van der Waals surface area contributed by atoms with Gasteiger partial charge in [0.05, 0.1) is 12.7 Å². The van der Waals surface area contributed by atoms with Crippen molar-refractivity contribution >= 4 is 12.0 Å². The molecule has 3 nitrogen and oxygen atoms in total. The Labute approximate surface area is 89.5 Å². The maximum Gasteiger partial charge on any atom is 0.338 e. The summed E-state index contributed by atoms with van der Waals surface area (Å²) in [5.41, 5.74) is 7.81. The molecular weight excluding hydrogens is 190 g/mol. The molecule has 0 saturated heterocycles. The van der Waals surface area contributed by atoms with Crippen molar-refractivity contribution in [1.29, 1.82) is 0 Å². The van der Waals surface area contributed by atoms with Gasteiger partial charge in [-0.25, -0.2) is 4.79 Å². The van der Waals surface area contributed by atoms with E-state index in [2.05, 4.69) is 4.74 Å². The zero-order valence-corrected chi connectivity index (χ0v) is 8.99. The molecule has 0 aliphatic heterocycles. The first kappa shape index (κ1) is 11.5. The number of benzene rings is 1. The predicted octanol–water partition coefficient (Wildman–Crippen LogP) is 1.75. The van der Waals surface area contributed by atoms with Crippen LogP contribution >= 0.6 is 0 Å². The van der Waals surface area contributed by atoms with Crippen LogP contribution in [0.4, 0.5) is 0 Å². The van der Waals surface area contributed by atoms with Gasteiger partial charge in [0.1, 0.15) is 0 Å². The fraction of sp³-hybridized carbons (Fsp3) is 0.250. The molecule has 15 heavy (non-hydrogen) atoms. The Hall–Kier alpha value is -1.61. The summed E-state index contributed by atoms with van der Waals surface area (Å²) in [6, 6.07) is 5.63. The van der Waals surface area contributed by atoms with E-state index >= 15 is 0 Å². The van der Waals surface area contributed by atoms with Crippen LogP contribution in [0.15, 0.2) is 24.3 Å². The highest BCUT2D eigenvalue weighted by molar-refractivity contribution is 5.91. The summed E-state index contributed by atoms with van der Waals surface area (Å²) in [4.78, 5) is 11.4. The molecule has 0 aliphatic carbocycles. The number of carbonyl (C=O) groups is 1. The fourth-order valence-corrected chi connectivity index (χ4v) is 1.28. The van der Waals surface area contributed by atoms with Crippen molar-refractivity contribution in [3.05, 3.63) is 41.0 Å². The van der Waals surface area contributed by atoms with Crippen molar-refractivity contribution in [2.75, 3.05) is 13.7 Å². The Bertz CT molecular complexity index is 383. The van der Waals surface area contributed by atoms with E-state index in [1.54, 1.807) is 6.07 Å². The smallest absolute Gasteiger partial charge is 0.338 e. The van der Waals surface area contributed by atoms with Crippen LogP contribution in [0.1, 0.15) is 21.5 Å². The van der Waals surface area contributed by atoms with Gasteiger partial charge in [0, 0.05) is 6.54 Å². The zero-order valence-electron chi connectivity index (χ0n) is 8.99. The van der Waals surface area contributed by atoms with E-state index in [-0.39, 0.29) is 5.97 Å². The van der Waals surface area contributed by atoms with E-state index in [0.29, 0.717) is 12.1 Å². The largest absolute Gasteiger partial charge is 0.465 e. The SMILES string of the molecule is COC(=O)c1cc(C=CCN)ccc1C. The predicted molar refractivity (Wildman–Crippen MR) is 60.6 cm³/mol. The molecule has 1 aromatic carbocycles. The molecule has 0 aromatic heterocycles. The molecule has 80 valence electrons. The molecule has 0 unspecified atom stereocenters. The van der Waals surface area contributed by atoms with Crippen LogP contribution in [0.5, 0.6) is 0 Å². The number of methoxy groups -OCH3 is 1. The highest BCUT2D eigenvalue weighted by Gasteiger charge is 2.08. The second kappa shape index (κ2) is 5.32. The van der Waals surface area contributed by atoms with Gasteiger partial charge >= 0.3 is 5.97 Å². The van der Waals surface area contributed by atoms with Crippen LogP contribution in [-0.2, 0) is 4.74 Å². The third-order valence-electron chi connectivity index (χ3n) is 2.11. The van der Waals surface area contributed by atoms with Gasteiger partial charge < -0.3 is 10.5 Å². The molecule has 0 fully saturated rings. The fourth-order valence-electron chi connectivity index (χ4n) is 1.28. The summed E-state index contributed by atoms with van der Waals surface area (Å²) < 4.78 is 4.69. The van der Waals surface area contributed by atoms with E-state index < -0.39 is 0 Å². The lowest BCUT2D eigenvalue weighted by atomic mass is 10.0. The van der Waals surface area contributed by atoms with Gasteiger partial charge in [0.15, 0.2) is 0 Å². The van der Waals surface area contributed by atoms with Crippen molar-refractivity contribution in [1.82, 2.24) is 0 Å². The highest BCUT2D eigenvalue weighted by Crippen LogP contribution is 2.13. The minimum Gasteiger partial charge on any atom is -0.465 e. The van der Waals surface area contributed by atoms with Crippen LogP contribution < -0.4 is 5.73 Å². The summed E-state index contributed by atoms with van der Waals surface area (Å²) in [6.07, 6.45) is 3.72. The highest BCUT2D eigenvalue weighted by atomic mass is 16.5. The molecule has 0 heterocycles. The van der Waals surface area contributed by atoms with E-state index in [0.717, 1.165) is 11.1 Å². The molecule has 0 bridgehead atoms. The monoisotopic (exact) mass is 205 g/mol. The standard InChI is InChI=1S/C12H15NO2/c1-9-5-6-10(4-3-7-13)8-11(9)12(14)15-2/h3-6,8H,7,13H2,1-2H3. The van der Waals surface area contributed by atoms with Gasteiger partial charge in [-0.2, -0.15) is 0 Å². The average molecular weight is 205 g/mol. The van der Waals surface area contributed by atoms with Crippen molar-refractivity contribution in [3.63, 3.8) is 0 Å². The van der Waals surface area contributed by atoms with Gasteiger partial charge in [0.25, 0.3) is 0 Å². The van der Waals surface area contributed by atoms with Gasteiger partial charge in [-0.1, -0.05) is 24.3 Å². The lowest BCUT2D eigenvalue weighted by Gasteiger charge is -2.04. The molecule has 0 amide bonds. The number of carbonyl (C=O) groups excluding carboxylic acids is 1. The van der Waals surface area contributed by atoms with Crippen molar-refractivity contribution in [2.45, 2.75) is 6.92 Å². The molecule has 1 aromatic rings. The van der Waals surface area contributed by atoms with Gasteiger partial charge in [-0.15, -0.1) is 0 Å². The summed E-state index contributed by atoms with van der Waals surface area (Å²) in [5.74, 6) is -0.310. The molecule has 0 aliphatic rings. The quantitative estimate of drug-likeness (QED) is 0.765. The number of esters is 1. The lowest BCUT2D eigenvalue weighted by molar-refractivity contribution is 0.0600. The van der Waals surface area contributed by atoms with Crippen molar-refractivity contribution < 1.29 is 9.53 Å². The summed E-state index contributed by atoms with van der Waals surface area (Å²) in [6.45, 7) is 2.37. The summed E-state index contributed by atoms with van der Waals surface area (Å²) >= 11 is 0. The third kappa shape index (κ3) is 2.92. The van der Waals surface area contributed by atoms with E-state index in [1.165, 1.54) is 7.11 Å². The first-order valence-corrected chi connectivity index (χ1v) is 4.74. The first-order chi connectivity index (χ1) is 7.19. The van der Waals surface area contributed by atoms with Gasteiger partial charge in [-0.3, -0.25) is 0 Å². The van der Waals surface area contributed by atoms with Crippen molar-refractivity contribution in [3.8, 4) is 0 Å². The number of hydrogen-bond donors (Lipinski definition) is 1. The van der Waals surface area contributed by atoms with Crippen LogP contribution in [0, 0.1) is 6.92 Å². The molecule has 0 atom stereocenters. The Balaban J connectivity index is 3.05. The molecule has 2 N–H and O–H groups in total. The Morgan fingerprint density at radius 2 is 2.27 bits per heavy atom. The maximum atomic E-state index is 11.4. The Kier molecular flexibility index (Phi) is 4.06. The minimum absolute atomic E-state index is 0.310. The zero-order chi connectivity index (χ0) is 11.3. The number of rotatable bonds is 3. The van der Waals surface area contributed by atoms with Gasteiger partial charge in [0.2, 0.25) is 0 Å². The summed E-state index contributed by atoms with van der Waals surface area (Å²) in [5, 5.41) is 0. The first-order valence-electron chi connectivity index (χ1n) is 4.74. The molecule has 3 heteroatoms. The van der Waals surface area contributed by atoms with Crippen LogP contribution in [0.2, 0.25) is 0 Å². The number of hydrogen-bond acceptors (Lipinski definition) is 3. The van der Waals surface area contributed by atoms with Crippen LogP contribution in [0.25, 0.3) is 6.08 Å². The average Bonchev–Trinajstić information content (AvgIpc) is 2.27. The maximum absolute atomic E-state index is 11.4. The second-order valence-electron chi connectivity index (χ2n) is 3.20. The Morgan fingerprint density at radius 3 is 2.87 bits per heavy atom. The molecule has 1 rings (SSSR count). The number of nitrogens with two attached hydrogens (primary N) is 1. The molecular formula is C12H15NO2. The van der Waals surface area contributed by atoms with Crippen LogP contribution in [0.3, 0.4) is 0 Å². The third-order valence-corrected chi connectivity index (χ3v) is 2.11. The Morgan fingerprint density at radius 1 is 1.53 bits per heavy atom. The van der Waals surface area contributed by atoms with Crippen molar-refractivity contribution in [2.24, 2.45) is 5.73 Å².